The van der Waals surface area contributed by atoms with Gasteiger partial charge in [0.1, 0.15) is 0 Å². The molecule has 0 atom stereocenters. The second-order valence-corrected chi connectivity index (χ2v) is 5.51. The van der Waals surface area contributed by atoms with Crippen LogP contribution in [-0.2, 0) is 4.79 Å². The Balaban J connectivity index is 1.67. The highest BCUT2D eigenvalue weighted by Crippen LogP contribution is 2.30. The number of carbonyl (C=O) groups excluding carboxylic acids is 1. The average molecular weight is 282 g/mol. The van der Waals surface area contributed by atoms with Crippen LogP contribution in [0.5, 0.6) is 0 Å². The summed E-state index contributed by atoms with van der Waals surface area (Å²) in [6, 6.07) is 9.76. The van der Waals surface area contributed by atoms with Gasteiger partial charge in [-0.2, -0.15) is 0 Å². The van der Waals surface area contributed by atoms with Crippen molar-refractivity contribution in [1.29, 1.82) is 0 Å². The number of nitrogens with zero attached hydrogens (tertiary/aromatic N) is 2. The highest BCUT2D eigenvalue weighted by atomic mass is 16.2. The lowest BCUT2D eigenvalue weighted by Gasteiger charge is -2.09. The minimum atomic E-state index is 0.0411. The predicted molar refractivity (Wildman–Crippen MR) is 82.6 cm³/mol. The number of benzene rings is 1. The molecular formula is C16H18N4O. The Morgan fingerprint density at radius 3 is 2.43 bits per heavy atom. The molecule has 3 rings (SSSR count). The van der Waals surface area contributed by atoms with E-state index in [4.69, 9.17) is 0 Å². The number of carbonyl (C=O) groups is 1. The first-order chi connectivity index (χ1) is 10.1. The molecule has 5 heteroatoms. The van der Waals surface area contributed by atoms with E-state index in [0.717, 1.165) is 24.1 Å². The first kappa shape index (κ1) is 13.5. The summed E-state index contributed by atoms with van der Waals surface area (Å²) in [4.78, 5) is 11.6. The topological polar surface area (TPSA) is 66.9 Å². The fourth-order valence-corrected chi connectivity index (χ4v) is 2.13. The molecule has 1 aromatic carbocycles. The van der Waals surface area contributed by atoms with Crippen molar-refractivity contribution in [3.63, 3.8) is 0 Å². The van der Waals surface area contributed by atoms with Gasteiger partial charge >= 0.3 is 0 Å². The van der Waals surface area contributed by atoms with E-state index in [9.17, 15) is 4.79 Å². The summed E-state index contributed by atoms with van der Waals surface area (Å²) in [6.45, 7) is 4.11. The summed E-state index contributed by atoms with van der Waals surface area (Å²) in [5, 5.41) is 14.1. The third kappa shape index (κ3) is 3.37. The zero-order chi connectivity index (χ0) is 14.8. The van der Waals surface area contributed by atoms with Gasteiger partial charge in [0.05, 0.1) is 0 Å². The Morgan fingerprint density at radius 2 is 1.81 bits per heavy atom. The number of aryl methyl sites for hydroxylation is 2. The molecule has 1 aromatic heterocycles. The van der Waals surface area contributed by atoms with Crippen molar-refractivity contribution >= 4 is 23.2 Å². The van der Waals surface area contributed by atoms with Crippen LogP contribution in [0, 0.1) is 19.8 Å². The lowest BCUT2D eigenvalue weighted by atomic mass is 10.1. The highest BCUT2D eigenvalue weighted by molar-refractivity contribution is 5.93. The van der Waals surface area contributed by atoms with Crippen molar-refractivity contribution in [3.05, 3.63) is 41.5 Å². The van der Waals surface area contributed by atoms with Gasteiger partial charge in [-0.3, -0.25) is 4.79 Å². The van der Waals surface area contributed by atoms with Crippen molar-refractivity contribution in [1.82, 2.24) is 10.2 Å². The summed E-state index contributed by atoms with van der Waals surface area (Å²) >= 11 is 0. The minimum Gasteiger partial charge on any atom is -0.339 e. The number of amides is 1. The Morgan fingerprint density at radius 1 is 1.10 bits per heavy atom. The second-order valence-electron chi connectivity index (χ2n) is 5.51. The molecule has 5 nitrogen and oxygen atoms in total. The van der Waals surface area contributed by atoms with Gasteiger partial charge < -0.3 is 10.6 Å². The van der Waals surface area contributed by atoms with E-state index in [2.05, 4.69) is 33.8 Å². The van der Waals surface area contributed by atoms with Crippen LogP contribution in [0.15, 0.2) is 30.3 Å². The molecule has 1 amide bonds. The number of anilines is 3. The molecule has 1 saturated carbocycles. The van der Waals surface area contributed by atoms with E-state index < -0.39 is 0 Å². The molecule has 108 valence electrons. The standard InChI is InChI=1S/C16H18N4O/c1-10-3-6-13(11(2)9-10)17-14-7-8-15(20-19-14)18-16(21)12-4-5-12/h3,6-9,12H,4-5H2,1-2H3,(H,17,19)(H,18,20,21). The molecule has 1 aliphatic rings. The molecule has 1 aliphatic carbocycles. The van der Waals surface area contributed by atoms with E-state index in [-0.39, 0.29) is 11.8 Å². The van der Waals surface area contributed by atoms with Crippen LogP contribution in [0.25, 0.3) is 0 Å². The van der Waals surface area contributed by atoms with Gasteiger partial charge in [0.15, 0.2) is 11.6 Å². The number of hydrogen-bond donors (Lipinski definition) is 2. The largest absolute Gasteiger partial charge is 0.339 e. The van der Waals surface area contributed by atoms with Crippen LogP contribution in [0.1, 0.15) is 24.0 Å². The quantitative estimate of drug-likeness (QED) is 0.903. The molecule has 2 N–H and O–H groups in total. The third-order valence-electron chi connectivity index (χ3n) is 3.51. The zero-order valence-electron chi connectivity index (χ0n) is 12.2. The Kier molecular flexibility index (Phi) is 3.56. The summed E-state index contributed by atoms with van der Waals surface area (Å²) < 4.78 is 0. The molecule has 1 fully saturated rings. The molecular weight excluding hydrogens is 264 g/mol. The lowest BCUT2D eigenvalue weighted by Crippen LogP contribution is -2.14. The second kappa shape index (κ2) is 5.52. The highest BCUT2D eigenvalue weighted by Gasteiger charge is 2.29. The molecule has 2 aromatic rings. The first-order valence-corrected chi connectivity index (χ1v) is 7.11. The number of rotatable bonds is 4. The first-order valence-electron chi connectivity index (χ1n) is 7.11. The number of hydrogen-bond acceptors (Lipinski definition) is 4. The van der Waals surface area contributed by atoms with E-state index in [0.29, 0.717) is 11.6 Å². The molecule has 0 radical (unpaired) electrons. The molecule has 0 aliphatic heterocycles. The summed E-state index contributed by atoms with van der Waals surface area (Å²) in [7, 11) is 0. The van der Waals surface area contributed by atoms with E-state index in [1.807, 2.05) is 25.1 Å². The Hall–Kier alpha value is -2.43. The van der Waals surface area contributed by atoms with Gasteiger partial charge in [0.2, 0.25) is 5.91 Å². The fraction of sp³-hybridized carbons (Fsp3) is 0.312. The van der Waals surface area contributed by atoms with Crippen LogP contribution in [0.3, 0.4) is 0 Å². The lowest BCUT2D eigenvalue weighted by molar-refractivity contribution is -0.117. The van der Waals surface area contributed by atoms with Crippen molar-refractivity contribution in [2.45, 2.75) is 26.7 Å². The summed E-state index contributed by atoms with van der Waals surface area (Å²) in [5.41, 5.74) is 3.38. The van der Waals surface area contributed by atoms with E-state index >= 15 is 0 Å². The zero-order valence-corrected chi connectivity index (χ0v) is 12.2. The monoisotopic (exact) mass is 282 g/mol. The fourth-order valence-electron chi connectivity index (χ4n) is 2.13. The van der Waals surface area contributed by atoms with E-state index in [1.165, 1.54) is 5.56 Å². The molecule has 0 unspecified atom stereocenters. The van der Waals surface area contributed by atoms with Gasteiger partial charge in [-0.15, -0.1) is 10.2 Å². The third-order valence-corrected chi connectivity index (χ3v) is 3.51. The summed E-state index contributed by atoms with van der Waals surface area (Å²) in [6.07, 6.45) is 1.96. The van der Waals surface area contributed by atoms with Crippen LogP contribution in [0.2, 0.25) is 0 Å². The van der Waals surface area contributed by atoms with Gasteiger partial charge in [-0.1, -0.05) is 17.7 Å². The van der Waals surface area contributed by atoms with Crippen LogP contribution in [0.4, 0.5) is 17.3 Å². The van der Waals surface area contributed by atoms with Gasteiger partial charge in [-0.25, -0.2) is 0 Å². The maximum atomic E-state index is 11.6. The number of nitrogens with one attached hydrogen (secondary N) is 2. The van der Waals surface area contributed by atoms with Crippen LogP contribution >= 0.6 is 0 Å². The maximum absolute atomic E-state index is 11.6. The SMILES string of the molecule is Cc1ccc(Nc2ccc(NC(=O)C3CC3)nn2)c(C)c1. The Bertz CT molecular complexity index is 662. The van der Waals surface area contributed by atoms with Gasteiger partial charge in [-0.05, 0) is 50.5 Å². The molecule has 1 heterocycles. The number of aromatic nitrogens is 2. The predicted octanol–water partition coefficient (Wildman–Crippen LogP) is 3.19. The molecule has 0 spiro atoms. The van der Waals surface area contributed by atoms with Crippen LogP contribution < -0.4 is 10.6 Å². The summed E-state index contributed by atoms with van der Waals surface area (Å²) in [5.74, 6) is 1.36. The van der Waals surface area contributed by atoms with Crippen LogP contribution in [-0.4, -0.2) is 16.1 Å². The van der Waals surface area contributed by atoms with E-state index in [1.54, 1.807) is 6.07 Å². The van der Waals surface area contributed by atoms with Crippen molar-refractivity contribution in [3.8, 4) is 0 Å². The van der Waals surface area contributed by atoms with Gasteiger partial charge in [0.25, 0.3) is 0 Å². The normalized spacial score (nSPS) is 13.8. The maximum Gasteiger partial charge on any atom is 0.228 e. The minimum absolute atomic E-state index is 0.0411. The molecule has 0 saturated heterocycles. The Labute approximate surface area is 123 Å². The van der Waals surface area contributed by atoms with Gasteiger partial charge in [0, 0.05) is 11.6 Å². The molecule has 21 heavy (non-hydrogen) atoms. The van der Waals surface area contributed by atoms with Crippen molar-refractivity contribution < 1.29 is 4.79 Å². The smallest absolute Gasteiger partial charge is 0.228 e. The molecule has 0 bridgehead atoms. The van der Waals surface area contributed by atoms with Crippen molar-refractivity contribution in [2.75, 3.05) is 10.6 Å². The van der Waals surface area contributed by atoms with Crippen molar-refractivity contribution in [2.24, 2.45) is 5.92 Å². The average Bonchev–Trinajstić information content (AvgIpc) is 3.28.